The van der Waals surface area contributed by atoms with Crippen LogP contribution in [0, 0.1) is 5.41 Å². The van der Waals surface area contributed by atoms with Gasteiger partial charge < -0.3 is 10.1 Å². The lowest BCUT2D eigenvalue weighted by molar-refractivity contribution is 0.0766. The van der Waals surface area contributed by atoms with Gasteiger partial charge in [0.25, 0.3) is 0 Å². The monoisotopic (exact) mass is 256 g/mol. The smallest absolute Gasteiger partial charge is 0.157 e. The first kappa shape index (κ1) is 13.2. The van der Waals surface area contributed by atoms with Crippen LogP contribution < -0.4 is 5.32 Å². The highest BCUT2D eigenvalue weighted by molar-refractivity contribution is 8.13. The van der Waals surface area contributed by atoms with Gasteiger partial charge in [0.2, 0.25) is 0 Å². The molecule has 4 heteroatoms. The van der Waals surface area contributed by atoms with E-state index < -0.39 is 0 Å². The number of nitrogens with one attached hydrogen (secondary N) is 1. The molecule has 2 heterocycles. The predicted molar refractivity (Wildman–Crippen MR) is 74.7 cm³/mol. The summed E-state index contributed by atoms with van der Waals surface area (Å²) in [5.41, 5.74) is 0.275. The minimum Gasteiger partial charge on any atom is -0.379 e. The molecule has 0 spiro atoms. The van der Waals surface area contributed by atoms with Crippen molar-refractivity contribution < 1.29 is 4.74 Å². The van der Waals surface area contributed by atoms with E-state index in [9.17, 15) is 0 Å². The highest BCUT2D eigenvalue weighted by atomic mass is 32.2. The maximum atomic E-state index is 5.49. The zero-order valence-electron chi connectivity index (χ0n) is 11.2. The Morgan fingerprint density at radius 1 is 1.35 bits per heavy atom. The molecule has 0 saturated carbocycles. The van der Waals surface area contributed by atoms with Crippen LogP contribution in [0.4, 0.5) is 0 Å². The van der Waals surface area contributed by atoms with Crippen LogP contribution in [0.5, 0.6) is 0 Å². The number of nitrogens with zero attached hydrogens (tertiary/aromatic N) is 1. The third-order valence-corrected chi connectivity index (χ3v) is 4.33. The van der Waals surface area contributed by atoms with Crippen LogP contribution >= 0.6 is 11.8 Å². The van der Waals surface area contributed by atoms with Gasteiger partial charge in [0, 0.05) is 12.4 Å². The fourth-order valence-corrected chi connectivity index (χ4v) is 3.23. The van der Waals surface area contributed by atoms with Crippen molar-refractivity contribution in [2.45, 2.75) is 52.1 Å². The van der Waals surface area contributed by atoms with E-state index in [1.54, 1.807) is 0 Å². The first-order valence-corrected chi connectivity index (χ1v) is 7.59. The molecule has 0 aromatic carbocycles. The summed E-state index contributed by atoms with van der Waals surface area (Å²) in [7, 11) is 0. The third kappa shape index (κ3) is 3.88. The van der Waals surface area contributed by atoms with E-state index in [0.29, 0.717) is 12.1 Å². The highest BCUT2D eigenvalue weighted by Crippen LogP contribution is 2.30. The van der Waals surface area contributed by atoms with Gasteiger partial charge >= 0.3 is 0 Å². The zero-order valence-corrected chi connectivity index (χ0v) is 12.0. The second kappa shape index (κ2) is 5.61. The highest BCUT2D eigenvalue weighted by Gasteiger charge is 2.28. The molecule has 1 N–H and O–H groups in total. The summed E-state index contributed by atoms with van der Waals surface area (Å²) in [5, 5.41) is 4.68. The Bertz CT molecular complexity index is 280. The number of thioether (sulfide) groups is 1. The Hall–Kier alpha value is -0.220. The van der Waals surface area contributed by atoms with Crippen molar-refractivity contribution in [2.24, 2.45) is 10.4 Å². The molecule has 17 heavy (non-hydrogen) atoms. The van der Waals surface area contributed by atoms with Gasteiger partial charge in [-0.2, -0.15) is 0 Å². The Morgan fingerprint density at radius 2 is 2.18 bits per heavy atom. The average molecular weight is 256 g/mol. The van der Waals surface area contributed by atoms with Crippen LogP contribution in [0.25, 0.3) is 0 Å². The summed E-state index contributed by atoms with van der Waals surface area (Å²) in [6.07, 6.45) is 3.57. The maximum Gasteiger partial charge on any atom is 0.157 e. The Kier molecular flexibility index (Phi) is 4.36. The van der Waals surface area contributed by atoms with Crippen LogP contribution in [0.15, 0.2) is 4.99 Å². The number of ether oxygens (including phenoxy) is 1. The van der Waals surface area contributed by atoms with Gasteiger partial charge in [-0.15, -0.1) is 0 Å². The number of hydrogen-bond acceptors (Lipinski definition) is 4. The number of amidine groups is 1. The molecule has 98 valence electrons. The maximum absolute atomic E-state index is 5.49. The summed E-state index contributed by atoms with van der Waals surface area (Å²) in [4.78, 5) is 4.86. The van der Waals surface area contributed by atoms with E-state index >= 15 is 0 Å². The molecule has 1 saturated heterocycles. The van der Waals surface area contributed by atoms with Crippen molar-refractivity contribution in [1.82, 2.24) is 5.32 Å². The number of aliphatic imine (C=N–C) groups is 1. The Morgan fingerprint density at radius 3 is 2.82 bits per heavy atom. The first-order valence-electron chi connectivity index (χ1n) is 6.60. The van der Waals surface area contributed by atoms with Gasteiger partial charge in [-0.1, -0.05) is 32.5 Å². The second-order valence-corrected chi connectivity index (χ2v) is 7.10. The molecule has 0 amide bonds. The topological polar surface area (TPSA) is 33.6 Å². The molecule has 0 aromatic rings. The fourth-order valence-electron chi connectivity index (χ4n) is 2.25. The van der Waals surface area contributed by atoms with Crippen molar-refractivity contribution >= 4 is 16.9 Å². The van der Waals surface area contributed by atoms with E-state index in [0.717, 1.165) is 24.8 Å². The average Bonchev–Trinajstić information content (AvgIpc) is 2.29. The molecule has 0 bridgehead atoms. The fraction of sp³-hybridized carbons (Fsp3) is 0.923. The molecule has 1 fully saturated rings. The number of rotatable bonds is 1. The molecular formula is C13H24N2OS. The minimum atomic E-state index is 0.275. The van der Waals surface area contributed by atoms with E-state index in [1.807, 2.05) is 11.8 Å². The van der Waals surface area contributed by atoms with E-state index in [1.165, 1.54) is 18.6 Å². The van der Waals surface area contributed by atoms with Crippen LogP contribution in [0.1, 0.15) is 40.0 Å². The Labute approximate surface area is 109 Å². The second-order valence-electron chi connectivity index (χ2n) is 6.01. The number of hydrogen-bond donors (Lipinski definition) is 1. The molecule has 0 radical (unpaired) electrons. The van der Waals surface area contributed by atoms with E-state index in [-0.39, 0.29) is 5.41 Å². The largest absolute Gasteiger partial charge is 0.379 e. The van der Waals surface area contributed by atoms with Gasteiger partial charge in [0.05, 0.1) is 18.7 Å². The van der Waals surface area contributed by atoms with Crippen LogP contribution in [0.2, 0.25) is 0 Å². The van der Waals surface area contributed by atoms with Gasteiger partial charge in [-0.3, -0.25) is 4.99 Å². The minimum absolute atomic E-state index is 0.275. The summed E-state index contributed by atoms with van der Waals surface area (Å²) in [6.45, 7) is 8.58. The summed E-state index contributed by atoms with van der Waals surface area (Å²) < 4.78 is 5.49. The third-order valence-electron chi connectivity index (χ3n) is 3.39. The summed E-state index contributed by atoms with van der Waals surface area (Å²) >= 11 is 1.86. The molecule has 0 aliphatic carbocycles. The van der Waals surface area contributed by atoms with Gasteiger partial charge in [-0.25, -0.2) is 0 Å². The molecule has 2 atom stereocenters. The van der Waals surface area contributed by atoms with Crippen LogP contribution in [-0.4, -0.2) is 36.2 Å². The summed E-state index contributed by atoms with van der Waals surface area (Å²) in [5.74, 6) is 1.18. The standard InChI is InChI=1S/C13H24N2OS/c1-13(2,3)11-6-8-17-12(15-11)14-10-5-4-7-16-9-10/h10-11H,4-9H2,1-3H3,(H,14,15). The molecule has 2 unspecified atom stereocenters. The van der Waals surface area contributed by atoms with E-state index in [2.05, 4.69) is 26.1 Å². The quantitative estimate of drug-likeness (QED) is 0.783. The summed E-state index contributed by atoms with van der Waals surface area (Å²) in [6, 6.07) is 0.921. The van der Waals surface area contributed by atoms with Crippen molar-refractivity contribution in [2.75, 3.05) is 19.0 Å². The lowest BCUT2D eigenvalue weighted by Crippen LogP contribution is -2.42. The lowest BCUT2D eigenvalue weighted by Gasteiger charge is -2.32. The normalized spacial score (nSPS) is 30.9. The zero-order chi connectivity index (χ0) is 12.3. The van der Waals surface area contributed by atoms with Crippen molar-refractivity contribution in [3.8, 4) is 0 Å². The molecule has 2 rings (SSSR count). The molecule has 2 aliphatic heterocycles. The molecule has 2 aliphatic rings. The van der Waals surface area contributed by atoms with E-state index in [4.69, 9.17) is 9.73 Å². The predicted octanol–water partition coefficient (Wildman–Crippen LogP) is 2.66. The SMILES string of the molecule is CC(C)(C)C1CCSC(NC2CCCOC2)=N1. The first-order chi connectivity index (χ1) is 8.05. The van der Waals surface area contributed by atoms with Gasteiger partial charge in [0.15, 0.2) is 5.17 Å². The van der Waals surface area contributed by atoms with Crippen molar-refractivity contribution in [1.29, 1.82) is 0 Å². The van der Waals surface area contributed by atoms with Gasteiger partial charge in [0.1, 0.15) is 0 Å². The van der Waals surface area contributed by atoms with Crippen LogP contribution in [-0.2, 0) is 4.74 Å². The van der Waals surface area contributed by atoms with Gasteiger partial charge in [-0.05, 0) is 24.7 Å². The molecule has 0 aromatic heterocycles. The Balaban J connectivity index is 1.93. The lowest BCUT2D eigenvalue weighted by atomic mass is 9.85. The van der Waals surface area contributed by atoms with Crippen molar-refractivity contribution in [3.63, 3.8) is 0 Å². The molecular weight excluding hydrogens is 232 g/mol. The molecule has 3 nitrogen and oxygen atoms in total. The van der Waals surface area contributed by atoms with Crippen LogP contribution in [0.3, 0.4) is 0 Å². The van der Waals surface area contributed by atoms with Crippen molar-refractivity contribution in [3.05, 3.63) is 0 Å².